The van der Waals surface area contributed by atoms with Gasteiger partial charge in [-0.25, -0.2) is 4.39 Å². The zero-order valence-electron chi connectivity index (χ0n) is 11.2. The lowest BCUT2D eigenvalue weighted by molar-refractivity contribution is 0.225. The van der Waals surface area contributed by atoms with Crippen LogP contribution in [-0.2, 0) is 0 Å². The van der Waals surface area contributed by atoms with E-state index >= 15 is 0 Å². The third-order valence-corrected chi connectivity index (χ3v) is 4.70. The summed E-state index contributed by atoms with van der Waals surface area (Å²) in [5.41, 5.74) is 0. The second-order valence-corrected chi connectivity index (χ2v) is 6.11. The molecule has 1 aromatic rings. The van der Waals surface area contributed by atoms with Crippen LogP contribution in [0, 0.1) is 5.82 Å². The molecule has 1 unspecified atom stereocenters. The van der Waals surface area contributed by atoms with Gasteiger partial charge < -0.3 is 5.11 Å². The van der Waals surface area contributed by atoms with Crippen LogP contribution in [0.25, 0.3) is 0 Å². The molecule has 0 bridgehead atoms. The normalized spacial score (nSPS) is 20.0. The summed E-state index contributed by atoms with van der Waals surface area (Å²) < 4.78 is 13.5. The Morgan fingerprint density at radius 2 is 2.21 bits per heavy atom. The summed E-state index contributed by atoms with van der Waals surface area (Å²) in [5, 5.41) is 8.90. The van der Waals surface area contributed by atoms with E-state index in [0.29, 0.717) is 6.04 Å². The molecule has 106 valence electrons. The van der Waals surface area contributed by atoms with Crippen molar-refractivity contribution in [1.29, 1.82) is 0 Å². The highest BCUT2D eigenvalue weighted by Crippen LogP contribution is 2.24. The van der Waals surface area contributed by atoms with Gasteiger partial charge >= 0.3 is 0 Å². The number of thioether (sulfide) groups is 1. The smallest absolute Gasteiger partial charge is 0.136 e. The maximum atomic E-state index is 13.5. The summed E-state index contributed by atoms with van der Waals surface area (Å²) in [7, 11) is 0. The molecular weight excluding hydrogens is 261 g/mol. The lowest BCUT2D eigenvalue weighted by Crippen LogP contribution is -2.31. The molecule has 1 saturated heterocycles. The van der Waals surface area contributed by atoms with Gasteiger partial charge in [0.2, 0.25) is 0 Å². The molecule has 2 nitrogen and oxygen atoms in total. The minimum absolute atomic E-state index is 0.120. The molecule has 1 fully saturated rings. The average molecular weight is 283 g/mol. The molecule has 1 aliphatic rings. The zero-order chi connectivity index (χ0) is 13.5. The van der Waals surface area contributed by atoms with Crippen LogP contribution < -0.4 is 0 Å². The number of aliphatic hydroxyl groups is 1. The number of rotatable bonds is 7. The maximum absolute atomic E-state index is 13.5. The average Bonchev–Trinajstić information content (AvgIpc) is 2.86. The van der Waals surface area contributed by atoms with E-state index in [1.165, 1.54) is 18.9 Å². The first-order valence-corrected chi connectivity index (χ1v) is 8.02. The van der Waals surface area contributed by atoms with E-state index in [2.05, 4.69) is 4.90 Å². The van der Waals surface area contributed by atoms with Crippen molar-refractivity contribution in [3.8, 4) is 0 Å². The van der Waals surface area contributed by atoms with Gasteiger partial charge in [0, 0.05) is 29.8 Å². The molecule has 1 N–H and O–H groups in total. The summed E-state index contributed by atoms with van der Waals surface area (Å²) in [5.74, 6) is 0.807. The van der Waals surface area contributed by atoms with E-state index in [-0.39, 0.29) is 12.4 Å². The standard InChI is InChI=1S/C15H22FNOS/c16-14-7-1-2-8-15(14)19-12-10-17-9-3-5-13(17)6-4-11-18/h1-2,7-8,13,18H,3-6,9-12H2. The molecule has 1 atom stereocenters. The highest BCUT2D eigenvalue weighted by molar-refractivity contribution is 7.99. The number of hydrogen-bond acceptors (Lipinski definition) is 3. The fraction of sp³-hybridized carbons (Fsp3) is 0.600. The molecule has 1 heterocycles. The Morgan fingerprint density at radius 1 is 1.37 bits per heavy atom. The Morgan fingerprint density at radius 3 is 3.00 bits per heavy atom. The topological polar surface area (TPSA) is 23.5 Å². The minimum atomic E-state index is -0.120. The van der Waals surface area contributed by atoms with Gasteiger partial charge in [-0.2, -0.15) is 0 Å². The van der Waals surface area contributed by atoms with Gasteiger partial charge in [0.1, 0.15) is 5.82 Å². The van der Waals surface area contributed by atoms with E-state index in [1.54, 1.807) is 17.8 Å². The van der Waals surface area contributed by atoms with Crippen molar-refractivity contribution in [3.05, 3.63) is 30.1 Å². The maximum Gasteiger partial charge on any atom is 0.136 e. The second kappa shape index (κ2) is 7.88. The zero-order valence-corrected chi connectivity index (χ0v) is 12.0. The highest BCUT2D eigenvalue weighted by Gasteiger charge is 2.23. The van der Waals surface area contributed by atoms with Crippen molar-refractivity contribution in [2.75, 3.05) is 25.4 Å². The van der Waals surface area contributed by atoms with Crippen LogP contribution in [0.4, 0.5) is 4.39 Å². The Bertz CT molecular complexity index is 388. The largest absolute Gasteiger partial charge is 0.396 e. The molecule has 0 amide bonds. The van der Waals surface area contributed by atoms with Crippen LogP contribution in [0.5, 0.6) is 0 Å². The van der Waals surface area contributed by atoms with Gasteiger partial charge in [-0.3, -0.25) is 4.90 Å². The molecular formula is C15H22FNOS. The first-order valence-electron chi connectivity index (χ1n) is 7.03. The van der Waals surface area contributed by atoms with Crippen LogP contribution in [0.15, 0.2) is 29.2 Å². The van der Waals surface area contributed by atoms with E-state index < -0.39 is 0 Å². The van der Waals surface area contributed by atoms with Gasteiger partial charge in [0.15, 0.2) is 0 Å². The first kappa shape index (κ1) is 14.8. The van der Waals surface area contributed by atoms with Crippen LogP contribution in [0.3, 0.4) is 0 Å². The predicted octanol–water partition coefficient (Wildman–Crippen LogP) is 3.15. The lowest BCUT2D eigenvalue weighted by Gasteiger charge is -2.24. The van der Waals surface area contributed by atoms with E-state index in [0.717, 1.165) is 36.6 Å². The van der Waals surface area contributed by atoms with Gasteiger partial charge in [0.25, 0.3) is 0 Å². The van der Waals surface area contributed by atoms with Crippen molar-refractivity contribution in [1.82, 2.24) is 4.90 Å². The Hall–Kier alpha value is -0.580. The summed E-state index contributed by atoms with van der Waals surface area (Å²) >= 11 is 1.59. The summed E-state index contributed by atoms with van der Waals surface area (Å²) in [6, 6.07) is 7.58. The quantitative estimate of drug-likeness (QED) is 0.778. The third-order valence-electron chi connectivity index (χ3n) is 3.67. The van der Waals surface area contributed by atoms with Crippen molar-refractivity contribution >= 4 is 11.8 Å². The molecule has 1 aromatic carbocycles. The van der Waals surface area contributed by atoms with Crippen molar-refractivity contribution in [2.24, 2.45) is 0 Å². The molecule has 0 spiro atoms. The lowest BCUT2D eigenvalue weighted by atomic mass is 10.1. The van der Waals surface area contributed by atoms with E-state index in [1.807, 2.05) is 12.1 Å². The number of nitrogens with zero attached hydrogens (tertiary/aromatic N) is 1. The van der Waals surface area contributed by atoms with Gasteiger partial charge in [-0.15, -0.1) is 11.8 Å². The predicted molar refractivity (Wildman–Crippen MR) is 78.0 cm³/mol. The third kappa shape index (κ3) is 4.48. The Labute approximate surface area is 119 Å². The van der Waals surface area contributed by atoms with Crippen molar-refractivity contribution in [3.63, 3.8) is 0 Å². The van der Waals surface area contributed by atoms with Gasteiger partial charge in [-0.1, -0.05) is 12.1 Å². The second-order valence-electron chi connectivity index (χ2n) is 4.98. The van der Waals surface area contributed by atoms with Crippen LogP contribution in [0.2, 0.25) is 0 Å². The van der Waals surface area contributed by atoms with E-state index in [9.17, 15) is 4.39 Å². The van der Waals surface area contributed by atoms with Crippen molar-refractivity contribution in [2.45, 2.75) is 36.6 Å². The number of likely N-dealkylation sites (tertiary alicyclic amines) is 1. The SMILES string of the molecule is OCCCC1CCCN1CCSc1ccccc1F. The van der Waals surface area contributed by atoms with Crippen LogP contribution in [0.1, 0.15) is 25.7 Å². The fourth-order valence-corrected chi connectivity index (χ4v) is 3.60. The fourth-order valence-electron chi connectivity index (χ4n) is 2.68. The number of halogens is 1. The van der Waals surface area contributed by atoms with Crippen molar-refractivity contribution < 1.29 is 9.50 Å². The van der Waals surface area contributed by atoms with E-state index in [4.69, 9.17) is 5.11 Å². The summed E-state index contributed by atoms with van der Waals surface area (Å²) in [6.07, 6.45) is 4.47. The molecule has 2 rings (SSSR count). The van der Waals surface area contributed by atoms with Crippen LogP contribution in [-0.4, -0.2) is 41.5 Å². The number of benzene rings is 1. The highest BCUT2D eigenvalue weighted by atomic mass is 32.2. The Kier molecular flexibility index (Phi) is 6.14. The molecule has 19 heavy (non-hydrogen) atoms. The monoisotopic (exact) mass is 283 g/mol. The molecule has 0 radical (unpaired) electrons. The Balaban J connectivity index is 1.74. The molecule has 0 aromatic heterocycles. The first-order chi connectivity index (χ1) is 9.31. The van der Waals surface area contributed by atoms with Crippen LogP contribution >= 0.6 is 11.8 Å². The van der Waals surface area contributed by atoms with Gasteiger partial charge in [-0.05, 0) is 44.4 Å². The summed E-state index contributed by atoms with van der Waals surface area (Å²) in [6.45, 7) is 2.44. The minimum Gasteiger partial charge on any atom is -0.396 e. The number of hydrogen-bond donors (Lipinski definition) is 1. The number of aliphatic hydroxyl groups excluding tert-OH is 1. The van der Waals surface area contributed by atoms with Gasteiger partial charge in [0.05, 0.1) is 0 Å². The molecule has 4 heteroatoms. The molecule has 1 aliphatic heterocycles. The molecule has 0 aliphatic carbocycles. The summed E-state index contributed by atoms with van der Waals surface area (Å²) in [4.78, 5) is 3.23. The molecule has 0 saturated carbocycles.